The minimum Gasteiger partial charge on any atom is -0.452 e. The molecule has 2 aromatic carbocycles. The summed E-state index contributed by atoms with van der Waals surface area (Å²) in [6.07, 6.45) is 7.61. The lowest BCUT2D eigenvalue weighted by atomic mass is 10.1. The number of rotatable bonds is 14. The van der Waals surface area contributed by atoms with Gasteiger partial charge in [-0.3, -0.25) is 0 Å². The lowest BCUT2D eigenvalue weighted by Gasteiger charge is -2.20. The molecule has 2 rings (SSSR count). The Hall–Kier alpha value is -1.78. The molecule has 0 saturated carbocycles. The number of unbranched alkanes of at least 4 members (excludes halogenated alkanes) is 5. The molecular weight excluding hydrogens is 340 g/mol. The zero-order valence-corrected chi connectivity index (χ0v) is 17.4. The third kappa shape index (κ3) is 9.06. The topological polar surface area (TPSA) is 27.7 Å². The van der Waals surface area contributed by atoms with Crippen molar-refractivity contribution in [3.63, 3.8) is 0 Å². The third-order valence-corrected chi connectivity index (χ3v) is 5.48. The Labute approximate surface area is 160 Å². The molecule has 0 saturated heterocycles. The van der Waals surface area contributed by atoms with Gasteiger partial charge >= 0.3 is 0 Å². The largest absolute Gasteiger partial charge is 0.452 e. The van der Waals surface area contributed by atoms with Crippen LogP contribution in [0.3, 0.4) is 0 Å². The molecule has 4 heteroatoms. The third-order valence-electron chi connectivity index (χ3n) is 4.17. The summed E-state index contributed by atoms with van der Waals surface area (Å²) in [7, 11) is -0.509. The second kappa shape index (κ2) is 13.4. The fourth-order valence-electron chi connectivity index (χ4n) is 2.73. The lowest BCUT2D eigenvalue weighted by molar-refractivity contribution is -0.0272. The van der Waals surface area contributed by atoms with Crippen molar-refractivity contribution >= 4 is 9.76 Å². The lowest BCUT2D eigenvalue weighted by Crippen LogP contribution is -2.30. The van der Waals surface area contributed by atoms with Gasteiger partial charge in [-0.1, -0.05) is 81.8 Å². The van der Waals surface area contributed by atoms with Gasteiger partial charge in [-0.05, 0) is 30.3 Å². The second-order valence-corrected chi connectivity index (χ2v) is 8.01. The molecule has 0 aliphatic heterocycles. The van der Waals surface area contributed by atoms with Crippen LogP contribution in [0.5, 0.6) is 11.5 Å². The van der Waals surface area contributed by atoms with E-state index in [0.29, 0.717) is 6.61 Å². The molecule has 142 valence electrons. The molecule has 2 aromatic rings. The SMILES string of the molecule is CCCCCCCC[SiH2]OCC(Oc1ccccc1)Oc1ccccc1. The van der Waals surface area contributed by atoms with Gasteiger partial charge in [0.05, 0.1) is 0 Å². The van der Waals surface area contributed by atoms with Gasteiger partial charge in [-0.15, -0.1) is 0 Å². The van der Waals surface area contributed by atoms with E-state index in [4.69, 9.17) is 13.9 Å². The van der Waals surface area contributed by atoms with Gasteiger partial charge < -0.3 is 13.9 Å². The van der Waals surface area contributed by atoms with E-state index in [-0.39, 0.29) is 0 Å². The van der Waals surface area contributed by atoms with E-state index < -0.39 is 16.1 Å². The van der Waals surface area contributed by atoms with E-state index >= 15 is 0 Å². The smallest absolute Gasteiger partial charge is 0.262 e. The van der Waals surface area contributed by atoms with Crippen molar-refractivity contribution in [2.45, 2.75) is 57.8 Å². The minimum atomic E-state index is -0.509. The summed E-state index contributed by atoms with van der Waals surface area (Å²) in [4.78, 5) is 0. The summed E-state index contributed by atoms with van der Waals surface area (Å²) in [6.45, 7) is 2.73. The van der Waals surface area contributed by atoms with Crippen LogP contribution in [0.4, 0.5) is 0 Å². The van der Waals surface area contributed by atoms with Crippen molar-refractivity contribution < 1.29 is 13.9 Å². The van der Waals surface area contributed by atoms with Crippen molar-refractivity contribution in [3.05, 3.63) is 60.7 Å². The molecule has 0 fully saturated rings. The maximum atomic E-state index is 5.97. The maximum Gasteiger partial charge on any atom is 0.262 e. The predicted molar refractivity (Wildman–Crippen MR) is 111 cm³/mol. The van der Waals surface area contributed by atoms with Crippen LogP contribution in [0, 0.1) is 0 Å². The van der Waals surface area contributed by atoms with E-state index in [1.165, 1.54) is 44.6 Å². The standard InChI is InChI=1S/C22H32O3Si/c1-2-3-4-5-6-13-18-26-23-19-22(24-20-14-9-7-10-15-20)25-21-16-11-8-12-17-21/h7-12,14-17,22H,2-6,13,18-19,26H2,1H3. The first-order valence-electron chi connectivity index (χ1n) is 9.89. The van der Waals surface area contributed by atoms with Crippen LogP contribution in [0.2, 0.25) is 6.04 Å². The monoisotopic (exact) mass is 372 g/mol. The van der Waals surface area contributed by atoms with Gasteiger partial charge in [0, 0.05) is 0 Å². The maximum absolute atomic E-state index is 5.97. The molecule has 26 heavy (non-hydrogen) atoms. The van der Waals surface area contributed by atoms with Gasteiger partial charge in [0.1, 0.15) is 18.1 Å². The number of benzene rings is 2. The van der Waals surface area contributed by atoms with Crippen molar-refractivity contribution in [3.8, 4) is 11.5 Å². The molecule has 0 spiro atoms. The Kier molecular flexibility index (Phi) is 10.6. The predicted octanol–water partition coefficient (Wildman–Crippen LogP) is 5.35. The van der Waals surface area contributed by atoms with E-state index in [2.05, 4.69) is 6.92 Å². The Morgan fingerprint density at radius 3 is 1.85 bits per heavy atom. The van der Waals surface area contributed by atoms with Gasteiger partial charge in [0.15, 0.2) is 9.76 Å². The van der Waals surface area contributed by atoms with Crippen molar-refractivity contribution in [2.75, 3.05) is 6.61 Å². The van der Waals surface area contributed by atoms with Crippen LogP contribution < -0.4 is 9.47 Å². The van der Waals surface area contributed by atoms with Crippen LogP contribution in [-0.4, -0.2) is 22.7 Å². The zero-order chi connectivity index (χ0) is 18.3. The van der Waals surface area contributed by atoms with Crippen LogP contribution in [0.1, 0.15) is 45.4 Å². The molecule has 0 bridgehead atoms. The highest BCUT2D eigenvalue weighted by Crippen LogP contribution is 2.16. The van der Waals surface area contributed by atoms with Crippen LogP contribution in [0.25, 0.3) is 0 Å². The van der Waals surface area contributed by atoms with Gasteiger partial charge in [-0.2, -0.15) is 0 Å². The number of ether oxygens (including phenoxy) is 2. The Balaban J connectivity index is 1.70. The summed E-state index contributed by atoms with van der Waals surface area (Å²) >= 11 is 0. The van der Waals surface area contributed by atoms with E-state index in [9.17, 15) is 0 Å². The quantitative estimate of drug-likeness (QED) is 0.254. The average Bonchev–Trinajstić information content (AvgIpc) is 2.68. The van der Waals surface area contributed by atoms with Crippen molar-refractivity contribution in [2.24, 2.45) is 0 Å². The summed E-state index contributed by atoms with van der Waals surface area (Å²) in [5.41, 5.74) is 0. The highest BCUT2D eigenvalue weighted by atomic mass is 28.2. The number of para-hydroxylation sites is 2. The normalized spacial score (nSPS) is 11.3. The first-order valence-corrected chi connectivity index (χ1v) is 11.5. The average molecular weight is 373 g/mol. The molecule has 3 nitrogen and oxygen atoms in total. The minimum absolute atomic E-state index is 0.420. The summed E-state index contributed by atoms with van der Waals surface area (Å²) < 4.78 is 17.9. The molecule has 0 aromatic heterocycles. The van der Waals surface area contributed by atoms with Crippen molar-refractivity contribution in [1.82, 2.24) is 0 Å². The fourth-order valence-corrected chi connectivity index (χ4v) is 3.86. The van der Waals surface area contributed by atoms with Crippen LogP contribution in [-0.2, 0) is 4.43 Å². The molecule has 0 atom stereocenters. The summed E-state index contributed by atoms with van der Waals surface area (Å²) in [5.74, 6) is 1.60. The molecule has 0 unspecified atom stereocenters. The molecule has 0 aliphatic rings. The number of hydrogen-bond acceptors (Lipinski definition) is 3. The van der Waals surface area contributed by atoms with Gasteiger partial charge in [0.2, 0.25) is 0 Å². The van der Waals surface area contributed by atoms with E-state index in [0.717, 1.165) is 11.5 Å². The van der Waals surface area contributed by atoms with Crippen LogP contribution >= 0.6 is 0 Å². The zero-order valence-electron chi connectivity index (χ0n) is 15.9. The van der Waals surface area contributed by atoms with E-state index in [1.807, 2.05) is 60.7 Å². The summed E-state index contributed by atoms with van der Waals surface area (Å²) in [6, 6.07) is 20.8. The molecule has 0 amide bonds. The first-order chi connectivity index (χ1) is 12.9. The summed E-state index contributed by atoms with van der Waals surface area (Å²) in [5, 5.41) is 0. The molecule has 0 N–H and O–H groups in total. The Morgan fingerprint density at radius 2 is 1.27 bits per heavy atom. The Morgan fingerprint density at radius 1 is 0.731 bits per heavy atom. The molecular formula is C22H32O3Si. The first kappa shape index (κ1) is 20.5. The van der Waals surface area contributed by atoms with Gasteiger partial charge in [-0.25, -0.2) is 0 Å². The Bertz CT molecular complexity index is 521. The highest BCUT2D eigenvalue weighted by molar-refractivity contribution is 6.26. The van der Waals surface area contributed by atoms with Crippen LogP contribution in [0.15, 0.2) is 60.7 Å². The number of hydrogen-bond donors (Lipinski definition) is 0. The fraction of sp³-hybridized carbons (Fsp3) is 0.455. The molecule has 0 radical (unpaired) electrons. The van der Waals surface area contributed by atoms with E-state index in [1.54, 1.807) is 0 Å². The van der Waals surface area contributed by atoms with Gasteiger partial charge in [0.25, 0.3) is 6.29 Å². The van der Waals surface area contributed by atoms with Crippen molar-refractivity contribution in [1.29, 1.82) is 0 Å². The highest BCUT2D eigenvalue weighted by Gasteiger charge is 2.12. The molecule has 0 heterocycles. The second-order valence-electron chi connectivity index (χ2n) is 6.49. The molecule has 0 aliphatic carbocycles.